The van der Waals surface area contributed by atoms with Crippen LogP contribution in [0.3, 0.4) is 0 Å². The first-order valence-corrected chi connectivity index (χ1v) is 10.2. The van der Waals surface area contributed by atoms with E-state index in [0.29, 0.717) is 30.2 Å². The molecule has 3 aromatic carbocycles. The molecule has 0 aliphatic carbocycles. The Morgan fingerprint density at radius 2 is 1.87 bits per heavy atom. The number of hydrogen-bond acceptors (Lipinski definition) is 4. The zero-order valence-corrected chi connectivity index (χ0v) is 16.9. The summed E-state index contributed by atoms with van der Waals surface area (Å²) in [6.45, 7) is 1.26. The summed E-state index contributed by atoms with van der Waals surface area (Å²) in [5, 5.41) is 4.10. The summed E-state index contributed by atoms with van der Waals surface area (Å²) in [5.74, 6) is 1.97. The Bertz CT molecular complexity index is 1220. The minimum atomic E-state index is -0.130. The van der Waals surface area contributed by atoms with E-state index in [1.807, 2.05) is 48.7 Å². The normalized spacial score (nSPS) is 12.1. The van der Waals surface area contributed by atoms with Crippen molar-refractivity contribution in [2.75, 3.05) is 13.3 Å². The average Bonchev–Trinajstić information content (AvgIpc) is 3.44. The van der Waals surface area contributed by atoms with Crippen LogP contribution in [0.2, 0.25) is 0 Å². The largest absolute Gasteiger partial charge is 0.489 e. The summed E-state index contributed by atoms with van der Waals surface area (Å²) in [4.78, 5) is 15.7. The van der Waals surface area contributed by atoms with Crippen LogP contribution >= 0.6 is 0 Å². The second-order valence-electron chi connectivity index (χ2n) is 7.37. The third-order valence-corrected chi connectivity index (χ3v) is 5.30. The van der Waals surface area contributed by atoms with Gasteiger partial charge in [0.1, 0.15) is 12.4 Å². The molecule has 2 N–H and O–H groups in total. The van der Waals surface area contributed by atoms with E-state index in [9.17, 15) is 4.79 Å². The first kappa shape index (κ1) is 19.1. The van der Waals surface area contributed by atoms with Crippen LogP contribution in [0.4, 0.5) is 0 Å². The topological polar surface area (TPSA) is 72.6 Å². The van der Waals surface area contributed by atoms with Gasteiger partial charge < -0.3 is 24.5 Å². The number of ether oxygens (including phenoxy) is 3. The molecule has 0 saturated heterocycles. The smallest absolute Gasteiger partial charge is 0.251 e. The summed E-state index contributed by atoms with van der Waals surface area (Å²) < 4.78 is 16.5. The van der Waals surface area contributed by atoms with Crippen molar-refractivity contribution in [2.24, 2.45) is 0 Å². The molecule has 31 heavy (non-hydrogen) atoms. The molecule has 2 heterocycles. The van der Waals surface area contributed by atoms with Crippen molar-refractivity contribution in [1.29, 1.82) is 0 Å². The third kappa shape index (κ3) is 4.19. The fourth-order valence-corrected chi connectivity index (χ4v) is 3.65. The number of carbonyl (C=O) groups is 1. The van der Waals surface area contributed by atoms with Crippen molar-refractivity contribution in [3.05, 3.63) is 89.6 Å². The fraction of sp³-hybridized carbons (Fsp3) is 0.160. The Kier molecular flexibility index (Phi) is 5.19. The molecule has 6 nitrogen and oxygen atoms in total. The molecule has 5 rings (SSSR count). The highest BCUT2D eigenvalue weighted by atomic mass is 16.7. The van der Waals surface area contributed by atoms with E-state index in [-0.39, 0.29) is 12.7 Å². The van der Waals surface area contributed by atoms with Crippen LogP contribution in [0, 0.1) is 0 Å². The zero-order valence-electron chi connectivity index (χ0n) is 16.9. The minimum Gasteiger partial charge on any atom is -0.489 e. The molecule has 1 aliphatic heterocycles. The molecular weight excluding hydrogens is 392 g/mol. The fourth-order valence-electron chi connectivity index (χ4n) is 3.65. The number of nitrogens with one attached hydrogen (secondary N) is 2. The van der Waals surface area contributed by atoms with Crippen LogP contribution in [-0.4, -0.2) is 24.2 Å². The Balaban J connectivity index is 1.18. The number of hydrogen-bond donors (Lipinski definition) is 2. The lowest BCUT2D eigenvalue weighted by molar-refractivity contribution is 0.0953. The predicted molar refractivity (Wildman–Crippen MR) is 118 cm³/mol. The van der Waals surface area contributed by atoms with Crippen LogP contribution in [0.5, 0.6) is 17.2 Å². The van der Waals surface area contributed by atoms with E-state index in [4.69, 9.17) is 14.2 Å². The Labute approximate surface area is 179 Å². The Morgan fingerprint density at radius 1 is 1.00 bits per heavy atom. The molecule has 1 aliphatic rings. The summed E-state index contributed by atoms with van der Waals surface area (Å²) in [6.07, 6.45) is 2.71. The molecule has 0 radical (unpaired) electrons. The van der Waals surface area contributed by atoms with E-state index in [1.54, 1.807) is 18.2 Å². The third-order valence-electron chi connectivity index (χ3n) is 5.30. The van der Waals surface area contributed by atoms with Gasteiger partial charge in [-0.1, -0.05) is 30.3 Å². The predicted octanol–water partition coefficient (Wildman–Crippen LogP) is 4.45. The second kappa shape index (κ2) is 8.44. The van der Waals surface area contributed by atoms with E-state index in [1.165, 1.54) is 0 Å². The van der Waals surface area contributed by atoms with Crippen molar-refractivity contribution in [2.45, 2.75) is 13.0 Å². The summed E-state index contributed by atoms with van der Waals surface area (Å²) in [5.41, 5.74) is 3.86. The van der Waals surface area contributed by atoms with E-state index in [0.717, 1.165) is 34.2 Å². The first-order valence-electron chi connectivity index (χ1n) is 10.2. The summed E-state index contributed by atoms with van der Waals surface area (Å²) >= 11 is 0. The van der Waals surface area contributed by atoms with E-state index in [2.05, 4.69) is 16.4 Å². The van der Waals surface area contributed by atoms with Crippen molar-refractivity contribution in [3.8, 4) is 17.2 Å². The second-order valence-corrected chi connectivity index (χ2v) is 7.37. The lowest BCUT2D eigenvalue weighted by Gasteiger charge is -2.07. The molecule has 0 fully saturated rings. The Morgan fingerprint density at radius 3 is 2.77 bits per heavy atom. The van der Waals surface area contributed by atoms with Crippen molar-refractivity contribution in [1.82, 2.24) is 10.3 Å². The maximum Gasteiger partial charge on any atom is 0.251 e. The molecule has 0 bridgehead atoms. The molecule has 4 aromatic rings. The highest BCUT2D eigenvalue weighted by molar-refractivity contribution is 5.95. The monoisotopic (exact) mass is 414 g/mol. The SMILES string of the molecule is O=C(NCCc1c[nH]c2cc(OCc3ccccc3)ccc12)c1ccc2c(c1)OCO2. The number of fused-ring (bicyclic) bond motifs is 2. The van der Waals surface area contributed by atoms with E-state index >= 15 is 0 Å². The number of benzene rings is 3. The molecular formula is C25H22N2O4. The van der Waals surface area contributed by atoms with Gasteiger partial charge in [0.25, 0.3) is 5.91 Å². The van der Waals surface area contributed by atoms with Gasteiger partial charge in [0.15, 0.2) is 11.5 Å². The number of aromatic amines is 1. The molecule has 0 saturated carbocycles. The van der Waals surface area contributed by atoms with Gasteiger partial charge in [-0.25, -0.2) is 0 Å². The standard InChI is InChI=1S/C25H22N2O4/c28-25(18-6-9-23-24(12-18)31-16-30-23)26-11-10-19-14-27-22-13-20(7-8-21(19)22)29-15-17-4-2-1-3-5-17/h1-9,12-14,27H,10-11,15-16H2,(H,26,28). The number of H-pyrrole nitrogens is 1. The van der Waals surface area contributed by atoms with Gasteiger partial charge in [-0.3, -0.25) is 4.79 Å². The van der Waals surface area contributed by atoms with E-state index < -0.39 is 0 Å². The van der Waals surface area contributed by atoms with Gasteiger partial charge >= 0.3 is 0 Å². The number of rotatable bonds is 7. The average molecular weight is 414 g/mol. The van der Waals surface area contributed by atoms with Gasteiger partial charge in [0.05, 0.1) is 0 Å². The van der Waals surface area contributed by atoms with Gasteiger partial charge in [-0.15, -0.1) is 0 Å². The van der Waals surface area contributed by atoms with Crippen molar-refractivity contribution in [3.63, 3.8) is 0 Å². The van der Waals surface area contributed by atoms with Gasteiger partial charge in [-0.05, 0) is 47.9 Å². The first-order chi connectivity index (χ1) is 15.3. The lowest BCUT2D eigenvalue weighted by atomic mass is 10.1. The van der Waals surface area contributed by atoms with Crippen LogP contribution in [0.1, 0.15) is 21.5 Å². The number of carbonyl (C=O) groups excluding carboxylic acids is 1. The quantitative estimate of drug-likeness (QED) is 0.469. The van der Waals surface area contributed by atoms with Gasteiger partial charge in [-0.2, -0.15) is 0 Å². The Hall–Kier alpha value is -3.93. The van der Waals surface area contributed by atoms with Gasteiger partial charge in [0, 0.05) is 35.3 Å². The van der Waals surface area contributed by atoms with Crippen LogP contribution in [0.15, 0.2) is 72.9 Å². The molecule has 1 aromatic heterocycles. The van der Waals surface area contributed by atoms with Crippen molar-refractivity contribution >= 4 is 16.8 Å². The summed E-state index contributed by atoms with van der Waals surface area (Å²) in [7, 11) is 0. The number of amides is 1. The highest BCUT2D eigenvalue weighted by Crippen LogP contribution is 2.32. The molecule has 1 amide bonds. The highest BCUT2D eigenvalue weighted by Gasteiger charge is 2.16. The number of aromatic nitrogens is 1. The summed E-state index contributed by atoms with van der Waals surface area (Å²) in [6, 6.07) is 21.3. The van der Waals surface area contributed by atoms with Gasteiger partial charge in [0.2, 0.25) is 6.79 Å². The molecule has 6 heteroatoms. The molecule has 0 atom stereocenters. The lowest BCUT2D eigenvalue weighted by Crippen LogP contribution is -2.25. The zero-order chi connectivity index (χ0) is 21.0. The van der Waals surface area contributed by atoms with Crippen molar-refractivity contribution < 1.29 is 19.0 Å². The molecule has 156 valence electrons. The van der Waals surface area contributed by atoms with Crippen LogP contribution < -0.4 is 19.5 Å². The molecule has 0 unspecified atom stereocenters. The maximum absolute atomic E-state index is 12.4. The van der Waals surface area contributed by atoms with Crippen LogP contribution in [0.25, 0.3) is 10.9 Å². The molecule has 0 spiro atoms. The van der Waals surface area contributed by atoms with Crippen LogP contribution in [-0.2, 0) is 13.0 Å². The minimum absolute atomic E-state index is 0.130. The maximum atomic E-state index is 12.4.